The monoisotopic (exact) mass is 615 g/mol. The van der Waals surface area contributed by atoms with E-state index in [9.17, 15) is 9.59 Å². The number of ether oxygens (including phenoxy) is 6. The number of hydrogen-bond donors (Lipinski definition) is 0. The fourth-order valence-electron chi connectivity index (χ4n) is 5.30. The Balaban J connectivity index is 2.35. The molecule has 0 aromatic rings. The van der Waals surface area contributed by atoms with E-state index in [1.54, 1.807) is 7.11 Å². The number of rotatable bonds is 28. The summed E-state index contributed by atoms with van der Waals surface area (Å²) in [6.07, 6.45) is 16.1. The molecule has 9 heteroatoms. The van der Waals surface area contributed by atoms with Gasteiger partial charge in [0, 0.05) is 39.2 Å². The lowest BCUT2D eigenvalue weighted by molar-refractivity contribution is -0.160. The van der Waals surface area contributed by atoms with Crippen molar-refractivity contribution < 1.29 is 38.0 Å². The number of hydrogen-bond acceptors (Lipinski definition) is 9. The summed E-state index contributed by atoms with van der Waals surface area (Å²) in [7, 11) is 1.57. The average Bonchev–Trinajstić information content (AvgIpc) is 3.02. The SMILES string of the molecule is CCCCCCCCOC(CCC(=O)OCC(COC)COC(=O)OCC1CCCN(CC)C1)OCCCCCCCC. The maximum atomic E-state index is 12.6. The van der Waals surface area contributed by atoms with Crippen LogP contribution in [-0.4, -0.2) is 89.7 Å². The second-order valence-corrected chi connectivity index (χ2v) is 12.0. The molecule has 2 unspecified atom stereocenters. The van der Waals surface area contributed by atoms with Crippen molar-refractivity contribution in [3.05, 3.63) is 0 Å². The zero-order chi connectivity index (χ0) is 31.4. The van der Waals surface area contributed by atoms with Gasteiger partial charge in [-0.3, -0.25) is 4.79 Å². The highest BCUT2D eigenvalue weighted by atomic mass is 16.7. The van der Waals surface area contributed by atoms with Crippen molar-refractivity contribution in [3.63, 3.8) is 0 Å². The van der Waals surface area contributed by atoms with Gasteiger partial charge in [0.15, 0.2) is 6.29 Å². The van der Waals surface area contributed by atoms with Gasteiger partial charge >= 0.3 is 12.1 Å². The summed E-state index contributed by atoms with van der Waals surface area (Å²) in [6.45, 7) is 11.8. The van der Waals surface area contributed by atoms with E-state index in [1.165, 1.54) is 51.4 Å². The highest BCUT2D eigenvalue weighted by Gasteiger charge is 2.22. The molecule has 0 bridgehead atoms. The fourth-order valence-corrected chi connectivity index (χ4v) is 5.30. The van der Waals surface area contributed by atoms with Gasteiger partial charge in [0.05, 0.1) is 32.2 Å². The lowest BCUT2D eigenvalue weighted by Gasteiger charge is -2.31. The van der Waals surface area contributed by atoms with E-state index in [4.69, 9.17) is 28.4 Å². The van der Waals surface area contributed by atoms with Crippen LogP contribution in [0.4, 0.5) is 4.79 Å². The Morgan fingerprint density at radius 2 is 1.37 bits per heavy atom. The lowest BCUT2D eigenvalue weighted by Crippen LogP contribution is -2.37. The van der Waals surface area contributed by atoms with Crippen LogP contribution in [0.5, 0.6) is 0 Å². The van der Waals surface area contributed by atoms with Crippen LogP contribution in [-0.2, 0) is 33.2 Å². The van der Waals surface area contributed by atoms with E-state index in [2.05, 4.69) is 25.7 Å². The first-order valence-electron chi connectivity index (χ1n) is 17.4. The van der Waals surface area contributed by atoms with Gasteiger partial charge in [0.1, 0.15) is 6.61 Å². The molecule has 1 heterocycles. The maximum absolute atomic E-state index is 12.6. The Labute approximate surface area is 263 Å². The van der Waals surface area contributed by atoms with Crippen LogP contribution in [0, 0.1) is 11.8 Å². The zero-order valence-corrected chi connectivity index (χ0v) is 28.1. The molecule has 0 radical (unpaired) electrons. The molecular formula is C34H65NO8. The van der Waals surface area contributed by atoms with Crippen LogP contribution >= 0.6 is 0 Å². The van der Waals surface area contributed by atoms with Gasteiger partial charge in [-0.2, -0.15) is 0 Å². The molecule has 0 amide bonds. The van der Waals surface area contributed by atoms with Gasteiger partial charge in [-0.1, -0.05) is 85.0 Å². The largest absolute Gasteiger partial charge is 0.508 e. The molecule has 1 saturated heterocycles. The van der Waals surface area contributed by atoms with Crippen molar-refractivity contribution >= 4 is 12.1 Å². The molecule has 0 N–H and O–H groups in total. The van der Waals surface area contributed by atoms with Gasteiger partial charge in [0.2, 0.25) is 0 Å². The van der Waals surface area contributed by atoms with Crippen LogP contribution in [0.2, 0.25) is 0 Å². The molecule has 1 aliphatic heterocycles. The van der Waals surface area contributed by atoms with E-state index in [-0.39, 0.29) is 31.5 Å². The van der Waals surface area contributed by atoms with Crippen LogP contribution in [0.15, 0.2) is 0 Å². The van der Waals surface area contributed by atoms with Crippen molar-refractivity contribution in [2.75, 3.05) is 66.4 Å². The van der Waals surface area contributed by atoms with E-state index in [0.29, 0.717) is 38.8 Å². The smallest absolute Gasteiger partial charge is 0.465 e. The Morgan fingerprint density at radius 1 is 0.767 bits per heavy atom. The zero-order valence-electron chi connectivity index (χ0n) is 28.1. The Kier molecular flexibility index (Phi) is 25.9. The van der Waals surface area contributed by atoms with Crippen molar-refractivity contribution in [2.24, 2.45) is 11.8 Å². The maximum Gasteiger partial charge on any atom is 0.508 e. The van der Waals surface area contributed by atoms with E-state index >= 15 is 0 Å². The molecule has 43 heavy (non-hydrogen) atoms. The molecule has 0 saturated carbocycles. The Morgan fingerprint density at radius 3 is 1.98 bits per heavy atom. The third-order valence-electron chi connectivity index (χ3n) is 7.99. The summed E-state index contributed by atoms with van der Waals surface area (Å²) in [5.74, 6) is -0.251. The van der Waals surface area contributed by atoms with Crippen LogP contribution < -0.4 is 0 Å². The van der Waals surface area contributed by atoms with Crippen LogP contribution in [0.1, 0.15) is 124 Å². The molecule has 2 atom stereocenters. The van der Waals surface area contributed by atoms with Gasteiger partial charge in [-0.05, 0) is 38.8 Å². The van der Waals surface area contributed by atoms with Gasteiger partial charge in [-0.25, -0.2) is 4.79 Å². The third-order valence-corrected chi connectivity index (χ3v) is 7.99. The standard InChI is InChI=1S/C34H65NO8/c1-5-8-10-12-14-16-23-39-33(40-24-17-15-13-11-9-6-2)21-20-32(36)41-28-31(26-38-4)29-43-34(37)42-27-30-19-18-22-35(7-3)25-30/h30-31,33H,5-29H2,1-4H3. The number of carbonyl (C=O) groups is 2. The number of piperidine rings is 1. The molecule has 0 spiro atoms. The van der Waals surface area contributed by atoms with Gasteiger partial charge < -0.3 is 33.3 Å². The predicted molar refractivity (Wildman–Crippen MR) is 170 cm³/mol. The predicted octanol–water partition coefficient (Wildman–Crippen LogP) is 7.54. The molecule has 0 aliphatic carbocycles. The molecule has 0 aromatic carbocycles. The first-order valence-corrected chi connectivity index (χ1v) is 17.4. The molecule has 1 rings (SSSR count). The lowest BCUT2D eigenvalue weighted by atomic mass is 9.99. The summed E-state index contributed by atoms with van der Waals surface area (Å²) in [4.78, 5) is 27.1. The van der Waals surface area contributed by atoms with E-state index < -0.39 is 12.4 Å². The Bertz CT molecular complexity index is 646. The summed E-state index contributed by atoms with van der Waals surface area (Å²) in [5, 5.41) is 0. The summed E-state index contributed by atoms with van der Waals surface area (Å²) in [5.41, 5.74) is 0. The molecular weight excluding hydrogens is 550 g/mol. The first kappa shape index (κ1) is 39.6. The first-order chi connectivity index (χ1) is 21.0. The Hall–Kier alpha value is -1.42. The second-order valence-electron chi connectivity index (χ2n) is 12.0. The third kappa shape index (κ3) is 22.7. The summed E-state index contributed by atoms with van der Waals surface area (Å²) >= 11 is 0. The quantitative estimate of drug-likeness (QED) is 0.0503. The van der Waals surface area contributed by atoms with Crippen LogP contribution in [0.3, 0.4) is 0 Å². The van der Waals surface area contributed by atoms with Crippen molar-refractivity contribution in [1.82, 2.24) is 4.90 Å². The number of unbranched alkanes of at least 4 members (excludes halogenated alkanes) is 10. The van der Waals surface area contributed by atoms with Crippen LogP contribution in [0.25, 0.3) is 0 Å². The highest BCUT2D eigenvalue weighted by molar-refractivity contribution is 5.69. The van der Waals surface area contributed by atoms with Gasteiger partial charge in [-0.15, -0.1) is 0 Å². The molecule has 1 fully saturated rings. The number of carbonyl (C=O) groups excluding carboxylic acids is 2. The van der Waals surface area contributed by atoms with E-state index in [0.717, 1.165) is 58.2 Å². The minimum atomic E-state index is -0.686. The number of likely N-dealkylation sites (tertiary alicyclic amines) is 1. The topological polar surface area (TPSA) is 92.8 Å². The summed E-state index contributed by atoms with van der Waals surface area (Å²) < 4.78 is 33.5. The van der Waals surface area contributed by atoms with Crippen molar-refractivity contribution in [2.45, 2.75) is 130 Å². The number of methoxy groups -OCH3 is 1. The molecule has 9 nitrogen and oxygen atoms in total. The number of esters is 1. The molecule has 1 aliphatic rings. The van der Waals surface area contributed by atoms with Crippen molar-refractivity contribution in [3.8, 4) is 0 Å². The van der Waals surface area contributed by atoms with E-state index in [1.807, 2.05) is 0 Å². The molecule has 254 valence electrons. The fraction of sp³-hybridized carbons (Fsp3) is 0.941. The highest BCUT2D eigenvalue weighted by Crippen LogP contribution is 2.17. The second kappa shape index (κ2) is 28.1. The normalized spacial score (nSPS) is 16.3. The minimum absolute atomic E-state index is 0.0665. The van der Waals surface area contributed by atoms with Crippen molar-refractivity contribution in [1.29, 1.82) is 0 Å². The number of nitrogens with zero attached hydrogens (tertiary/aromatic N) is 1. The molecule has 0 aromatic heterocycles. The van der Waals surface area contributed by atoms with Gasteiger partial charge in [0.25, 0.3) is 0 Å². The average molecular weight is 616 g/mol. The minimum Gasteiger partial charge on any atom is -0.465 e. The summed E-state index contributed by atoms with van der Waals surface area (Å²) in [6, 6.07) is 0.